The SMILES string of the molecule is Cc1cc(C(=O)CN2CCN(C(=O)Nc3cccc(Cl)c3)CC2)c(C)n1C(C)C. The number of anilines is 1. The molecule has 1 aliphatic heterocycles. The van der Waals surface area contributed by atoms with E-state index in [0.717, 1.165) is 17.0 Å². The van der Waals surface area contributed by atoms with Gasteiger partial charge in [0.15, 0.2) is 5.78 Å². The van der Waals surface area contributed by atoms with Crippen LogP contribution in [0.5, 0.6) is 0 Å². The fourth-order valence-corrected chi connectivity index (χ4v) is 4.21. The monoisotopic (exact) mass is 416 g/mol. The lowest BCUT2D eigenvalue weighted by molar-refractivity contribution is 0.0883. The molecule has 0 saturated carbocycles. The number of nitrogens with one attached hydrogen (secondary N) is 1. The number of halogens is 1. The van der Waals surface area contributed by atoms with Crippen LogP contribution in [-0.4, -0.2) is 58.9 Å². The molecular formula is C22H29ClN4O2. The van der Waals surface area contributed by atoms with Gasteiger partial charge in [-0.1, -0.05) is 17.7 Å². The number of nitrogens with zero attached hydrogens (tertiary/aromatic N) is 3. The number of benzene rings is 1. The number of aromatic nitrogens is 1. The summed E-state index contributed by atoms with van der Waals surface area (Å²) in [5.74, 6) is 0.141. The fourth-order valence-electron chi connectivity index (χ4n) is 4.02. The first kappa shape index (κ1) is 21.4. The molecule has 2 amide bonds. The minimum Gasteiger partial charge on any atom is -0.346 e. The van der Waals surface area contributed by atoms with Gasteiger partial charge in [0.2, 0.25) is 0 Å². The van der Waals surface area contributed by atoms with Crippen molar-refractivity contribution in [1.29, 1.82) is 0 Å². The van der Waals surface area contributed by atoms with Crippen molar-refractivity contribution in [3.05, 3.63) is 52.3 Å². The van der Waals surface area contributed by atoms with Gasteiger partial charge < -0.3 is 14.8 Å². The van der Waals surface area contributed by atoms with Crippen molar-refractivity contribution in [1.82, 2.24) is 14.4 Å². The topological polar surface area (TPSA) is 57.6 Å². The van der Waals surface area contributed by atoms with Crippen molar-refractivity contribution in [3.63, 3.8) is 0 Å². The van der Waals surface area contributed by atoms with Crippen LogP contribution in [0.4, 0.5) is 10.5 Å². The second kappa shape index (κ2) is 9.01. The fraction of sp³-hybridized carbons (Fsp3) is 0.455. The molecule has 0 spiro atoms. The van der Waals surface area contributed by atoms with Crippen molar-refractivity contribution in [3.8, 4) is 0 Å². The lowest BCUT2D eigenvalue weighted by Gasteiger charge is -2.34. The number of hydrogen-bond acceptors (Lipinski definition) is 3. The Hall–Kier alpha value is -2.31. The minimum absolute atomic E-state index is 0.140. The molecule has 1 aliphatic rings. The Balaban J connectivity index is 1.54. The van der Waals surface area contributed by atoms with Crippen LogP contribution in [0.3, 0.4) is 0 Å². The van der Waals surface area contributed by atoms with Gasteiger partial charge in [0.1, 0.15) is 0 Å². The van der Waals surface area contributed by atoms with E-state index < -0.39 is 0 Å². The molecular weight excluding hydrogens is 388 g/mol. The third-order valence-electron chi connectivity index (χ3n) is 5.40. The Morgan fingerprint density at radius 1 is 1.10 bits per heavy atom. The van der Waals surface area contributed by atoms with Crippen molar-refractivity contribution in [2.45, 2.75) is 33.7 Å². The predicted molar refractivity (Wildman–Crippen MR) is 117 cm³/mol. The average Bonchev–Trinajstić information content (AvgIpc) is 2.96. The summed E-state index contributed by atoms with van der Waals surface area (Å²) in [5, 5.41) is 3.46. The summed E-state index contributed by atoms with van der Waals surface area (Å²) in [7, 11) is 0. The van der Waals surface area contributed by atoms with Crippen molar-refractivity contribution < 1.29 is 9.59 Å². The third-order valence-corrected chi connectivity index (χ3v) is 5.64. The van der Waals surface area contributed by atoms with Crippen LogP contribution in [0.2, 0.25) is 5.02 Å². The second-order valence-corrected chi connectivity index (χ2v) is 8.31. The summed E-state index contributed by atoms with van der Waals surface area (Å²) in [6.07, 6.45) is 0. The van der Waals surface area contributed by atoms with E-state index in [-0.39, 0.29) is 11.8 Å². The van der Waals surface area contributed by atoms with Crippen LogP contribution >= 0.6 is 11.6 Å². The minimum atomic E-state index is -0.140. The Morgan fingerprint density at radius 3 is 2.38 bits per heavy atom. The third kappa shape index (κ3) is 5.00. The summed E-state index contributed by atoms with van der Waals surface area (Å²) >= 11 is 5.97. The molecule has 0 atom stereocenters. The van der Waals surface area contributed by atoms with Crippen LogP contribution < -0.4 is 5.32 Å². The Kier molecular flexibility index (Phi) is 6.65. The molecule has 6 nitrogen and oxygen atoms in total. The van der Waals surface area contributed by atoms with E-state index in [9.17, 15) is 9.59 Å². The molecule has 29 heavy (non-hydrogen) atoms. The normalized spacial score (nSPS) is 15.0. The van der Waals surface area contributed by atoms with E-state index in [1.165, 1.54) is 0 Å². The van der Waals surface area contributed by atoms with E-state index in [0.29, 0.717) is 49.5 Å². The van der Waals surface area contributed by atoms with Gasteiger partial charge >= 0.3 is 6.03 Å². The highest BCUT2D eigenvalue weighted by Crippen LogP contribution is 2.21. The standard InChI is InChI=1S/C22H29ClN4O2/c1-15(2)27-16(3)12-20(17(27)4)21(28)14-25-8-10-26(11-9-25)22(29)24-19-7-5-6-18(23)13-19/h5-7,12-13,15H,8-11,14H2,1-4H3,(H,24,29). The van der Waals surface area contributed by atoms with Crippen LogP contribution in [0.1, 0.15) is 41.6 Å². The number of carbonyl (C=O) groups excluding carboxylic acids is 2. The van der Waals surface area contributed by atoms with Gasteiger partial charge in [0, 0.05) is 59.9 Å². The zero-order chi connectivity index (χ0) is 21.1. The molecule has 2 aromatic rings. The highest BCUT2D eigenvalue weighted by atomic mass is 35.5. The number of hydrogen-bond donors (Lipinski definition) is 1. The van der Waals surface area contributed by atoms with Crippen LogP contribution in [0, 0.1) is 13.8 Å². The molecule has 0 unspecified atom stereocenters. The Bertz CT molecular complexity index is 898. The summed E-state index contributed by atoms with van der Waals surface area (Å²) in [4.78, 5) is 29.2. The number of carbonyl (C=O) groups is 2. The maximum absolute atomic E-state index is 12.8. The number of amides is 2. The van der Waals surface area contributed by atoms with Gasteiger partial charge in [0.05, 0.1) is 6.54 Å². The summed E-state index contributed by atoms with van der Waals surface area (Å²) < 4.78 is 2.20. The highest BCUT2D eigenvalue weighted by molar-refractivity contribution is 6.30. The molecule has 1 fully saturated rings. The van der Waals surface area contributed by atoms with Crippen molar-refractivity contribution >= 4 is 29.1 Å². The number of aryl methyl sites for hydroxylation is 1. The molecule has 3 rings (SSSR count). The first-order valence-corrected chi connectivity index (χ1v) is 10.4. The second-order valence-electron chi connectivity index (χ2n) is 7.88. The lowest BCUT2D eigenvalue weighted by Crippen LogP contribution is -2.51. The van der Waals surface area contributed by atoms with Gasteiger partial charge in [-0.3, -0.25) is 9.69 Å². The molecule has 0 aliphatic carbocycles. The number of rotatable bonds is 5. The number of piperazine rings is 1. The molecule has 1 N–H and O–H groups in total. The predicted octanol–water partition coefficient (Wildman–Crippen LogP) is 4.37. The molecule has 0 bridgehead atoms. The molecule has 1 saturated heterocycles. The lowest BCUT2D eigenvalue weighted by atomic mass is 10.1. The van der Waals surface area contributed by atoms with Gasteiger partial charge in [-0.2, -0.15) is 0 Å². The average molecular weight is 417 g/mol. The van der Waals surface area contributed by atoms with E-state index in [4.69, 9.17) is 11.6 Å². The first-order chi connectivity index (χ1) is 13.8. The van der Waals surface area contributed by atoms with E-state index in [2.05, 4.69) is 28.6 Å². The largest absolute Gasteiger partial charge is 0.346 e. The van der Waals surface area contributed by atoms with Crippen molar-refractivity contribution in [2.75, 3.05) is 38.0 Å². The Morgan fingerprint density at radius 2 is 1.79 bits per heavy atom. The quantitative estimate of drug-likeness (QED) is 0.736. The highest BCUT2D eigenvalue weighted by Gasteiger charge is 2.24. The van der Waals surface area contributed by atoms with E-state index in [1.807, 2.05) is 26.0 Å². The summed E-state index contributed by atoms with van der Waals surface area (Å²) in [6.45, 7) is 11.2. The van der Waals surface area contributed by atoms with Gasteiger partial charge in [-0.15, -0.1) is 0 Å². The Labute approximate surface area is 177 Å². The van der Waals surface area contributed by atoms with Gasteiger partial charge in [-0.05, 0) is 52.0 Å². The van der Waals surface area contributed by atoms with E-state index in [1.54, 1.807) is 23.1 Å². The van der Waals surface area contributed by atoms with Gasteiger partial charge in [-0.25, -0.2) is 4.79 Å². The molecule has 1 aromatic carbocycles. The van der Waals surface area contributed by atoms with Gasteiger partial charge in [0.25, 0.3) is 0 Å². The van der Waals surface area contributed by atoms with E-state index >= 15 is 0 Å². The molecule has 156 valence electrons. The maximum Gasteiger partial charge on any atom is 0.321 e. The smallest absolute Gasteiger partial charge is 0.321 e. The number of Topliss-reactive ketones (excluding diaryl/α,β-unsaturated/α-hetero) is 1. The number of ketones is 1. The van der Waals surface area contributed by atoms with Crippen LogP contribution in [0.25, 0.3) is 0 Å². The molecule has 0 radical (unpaired) electrons. The molecule has 7 heteroatoms. The zero-order valence-electron chi connectivity index (χ0n) is 17.5. The first-order valence-electron chi connectivity index (χ1n) is 10.0. The summed E-state index contributed by atoms with van der Waals surface area (Å²) in [6, 6.07) is 9.29. The molecule has 2 heterocycles. The van der Waals surface area contributed by atoms with Crippen molar-refractivity contribution in [2.24, 2.45) is 0 Å². The zero-order valence-corrected chi connectivity index (χ0v) is 18.3. The maximum atomic E-state index is 12.8. The van der Waals surface area contributed by atoms with Crippen LogP contribution in [0.15, 0.2) is 30.3 Å². The number of urea groups is 1. The summed E-state index contributed by atoms with van der Waals surface area (Å²) in [5.41, 5.74) is 3.63. The molecule has 1 aromatic heterocycles. The van der Waals surface area contributed by atoms with Crippen LogP contribution in [-0.2, 0) is 0 Å².